The predicted molar refractivity (Wildman–Crippen MR) is 117 cm³/mol. The number of nitrogens with one attached hydrogen (secondary N) is 2. The number of piperidine rings is 1. The lowest BCUT2D eigenvalue weighted by atomic mass is 9.87. The fraction of sp³-hybridized carbons (Fsp3) is 0.478. The lowest BCUT2D eigenvalue weighted by Gasteiger charge is -2.33. The van der Waals surface area contributed by atoms with E-state index in [0.29, 0.717) is 12.2 Å². The lowest BCUT2D eigenvalue weighted by molar-refractivity contribution is 0.0936. The van der Waals surface area contributed by atoms with Crippen LogP contribution in [0, 0.1) is 11.8 Å². The maximum Gasteiger partial charge on any atom is 0.271 e. The van der Waals surface area contributed by atoms with Gasteiger partial charge in [0.05, 0.1) is 11.4 Å². The zero-order valence-corrected chi connectivity index (χ0v) is 17.6. The molecule has 1 aliphatic heterocycles. The monoisotopic (exact) mass is 393 g/mol. The van der Waals surface area contributed by atoms with Crippen LogP contribution in [0.15, 0.2) is 36.4 Å². The molecule has 29 heavy (non-hydrogen) atoms. The summed E-state index contributed by atoms with van der Waals surface area (Å²) < 4.78 is 1.76. The Hall–Kier alpha value is -2.60. The topological polar surface area (TPSA) is 66.0 Å². The highest BCUT2D eigenvalue weighted by Crippen LogP contribution is 2.25. The van der Waals surface area contributed by atoms with Gasteiger partial charge in [-0.15, -0.1) is 0 Å². The molecule has 0 bridgehead atoms. The number of rotatable bonds is 6. The summed E-state index contributed by atoms with van der Waals surface area (Å²) in [5.74, 6) is 1.50. The van der Waals surface area contributed by atoms with Crippen molar-refractivity contribution in [2.45, 2.75) is 26.7 Å². The number of amides is 1. The first-order chi connectivity index (χ1) is 14.0. The highest BCUT2D eigenvalue weighted by molar-refractivity contribution is 5.94. The number of aryl methyl sites for hydroxylation is 1. The maximum absolute atomic E-state index is 12.6. The van der Waals surface area contributed by atoms with E-state index < -0.39 is 0 Å². The van der Waals surface area contributed by atoms with Crippen molar-refractivity contribution >= 4 is 16.8 Å². The van der Waals surface area contributed by atoms with Crippen LogP contribution in [0.3, 0.4) is 0 Å². The molecule has 2 N–H and O–H groups in total. The van der Waals surface area contributed by atoms with Gasteiger partial charge in [0, 0.05) is 31.0 Å². The summed E-state index contributed by atoms with van der Waals surface area (Å²) in [6.45, 7) is 8.45. The van der Waals surface area contributed by atoms with E-state index in [1.54, 1.807) is 4.68 Å². The van der Waals surface area contributed by atoms with Gasteiger partial charge in [0.25, 0.3) is 5.91 Å². The van der Waals surface area contributed by atoms with E-state index in [1.807, 2.05) is 31.3 Å². The molecule has 1 amide bonds. The summed E-state index contributed by atoms with van der Waals surface area (Å²) in [6, 6.07) is 12.1. The molecule has 6 heteroatoms. The minimum atomic E-state index is -0.111. The third-order valence-electron chi connectivity index (χ3n) is 6.21. The fourth-order valence-corrected chi connectivity index (χ4v) is 4.30. The van der Waals surface area contributed by atoms with E-state index in [-0.39, 0.29) is 5.91 Å². The van der Waals surface area contributed by atoms with Crippen LogP contribution in [0.1, 0.15) is 37.2 Å². The number of likely N-dealkylation sites (tertiary alicyclic amines) is 1. The van der Waals surface area contributed by atoms with Crippen molar-refractivity contribution in [2.24, 2.45) is 18.9 Å². The second-order valence-electron chi connectivity index (χ2n) is 8.49. The Bertz CT molecular complexity index is 945. The van der Waals surface area contributed by atoms with Crippen LogP contribution in [0.2, 0.25) is 0 Å². The van der Waals surface area contributed by atoms with Crippen LogP contribution in [0.4, 0.5) is 0 Å². The zero-order valence-electron chi connectivity index (χ0n) is 17.6. The molecule has 3 heterocycles. The molecule has 6 nitrogen and oxygen atoms in total. The first kappa shape index (κ1) is 19.7. The lowest BCUT2D eigenvalue weighted by Crippen LogP contribution is -2.40. The third-order valence-corrected chi connectivity index (χ3v) is 6.21. The summed E-state index contributed by atoms with van der Waals surface area (Å²) >= 11 is 0. The number of carbonyl (C=O) groups excluding carboxylic acids is 1. The molecule has 0 unspecified atom stereocenters. The molecule has 0 radical (unpaired) electrons. The number of H-pyrrole nitrogens is 1. The second-order valence-corrected chi connectivity index (χ2v) is 8.49. The minimum Gasteiger partial charge on any atom is -0.353 e. The Balaban J connectivity index is 1.33. The third kappa shape index (κ3) is 4.37. The van der Waals surface area contributed by atoms with E-state index in [9.17, 15) is 4.79 Å². The molecule has 0 atom stereocenters. The molecular formula is C23H31N5O. The van der Waals surface area contributed by atoms with Crippen molar-refractivity contribution in [3.63, 3.8) is 0 Å². The van der Waals surface area contributed by atoms with Crippen molar-refractivity contribution in [3.05, 3.63) is 42.1 Å². The molecule has 0 saturated carbocycles. The van der Waals surface area contributed by atoms with E-state index in [0.717, 1.165) is 53.8 Å². The highest BCUT2D eigenvalue weighted by Gasteiger charge is 2.21. The number of hydrogen-bond donors (Lipinski definition) is 2. The van der Waals surface area contributed by atoms with Crippen molar-refractivity contribution in [1.82, 2.24) is 25.0 Å². The summed E-state index contributed by atoms with van der Waals surface area (Å²) in [5, 5.41) is 8.60. The van der Waals surface area contributed by atoms with E-state index in [2.05, 4.69) is 46.3 Å². The normalized spacial score (nSPS) is 16.0. The minimum absolute atomic E-state index is 0.111. The molecule has 1 fully saturated rings. The van der Waals surface area contributed by atoms with Gasteiger partial charge >= 0.3 is 0 Å². The Kier molecular flexibility index (Phi) is 5.72. The number of hydrogen-bond acceptors (Lipinski definition) is 3. The largest absolute Gasteiger partial charge is 0.353 e. The molecular weight excluding hydrogens is 362 g/mol. The number of benzene rings is 1. The molecule has 0 spiro atoms. The number of aromatic nitrogens is 3. The average molecular weight is 394 g/mol. The van der Waals surface area contributed by atoms with Crippen molar-refractivity contribution in [2.75, 3.05) is 26.2 Å². The SMILES string of the molecule is CC(C)C1CCN(CCNC(=O)c2cc(-c3cc4ccccc4[nH]3)n(C)n2)CC1. The van der Waals surface area contributed by atoms with Crippen molar-refractivity contribution in [3.8, 4) is 11.4 Å². The standard InChI is InChI=1S/C23H31N5O/c1-16(2)17-8-11-28(12-9-17)13-10-24-23(29)21-15-22(27(3)26-21)20-14-18-6-4-5-7-19(18)25-20/h4-7,14-17,25H,8-13H2,1-3H3,(H,24,29). The number of para-hydroxylation sites is 1. The quantitative estimate of drug-likeness (QED) is 0.672. The van der Waals surface area contributed by atoms with Crippen LogP contribution >= 0.6 is 0 Å². The number of fused-ring (bicyclic) bond motifs is 1. The zero-order chi connectivity index (χ0) is 20.4. The summed E-state index contributed by atoms with van der Waals surface area (Å²) in [6.07, 6.45) is 2.53. The maximum atomic E-state index is 12.6. The van der Waals surface area contributed by atoms with Gasteiger partial charge in [-0.05, 0) is 56.0 Å². The number of carbonyl (C=O) groups is 1. The molecule has 1 aromatic carbocycles. The smallest absolute Gasteiger partial charge is 0.271 e. The van der Waals surface area contributed by atoms with Crippen LogP contribution < -0.4 is 5.32 Å². The highest BCUT2D eigenvalue weighted by atomic mass is 16.1. The fourth-order valence-electron chi connectivity index (χ4n) is 4.30. The second kappa shape index (κ2) is 8.41. The van der Waals surface area contributed by atoms with Gasteiger partial charge in [-0.25, -0.2) is 0 Å². The Morgan fingerprint density at radius 1 is 1.24 bits per heavy atom. The van der Waals surface area contributed by atoms with E-state index >= 15 is 0 Å². The summed E-state index contributed by atoms with van der Waals surface area (Å²) in [5.41, 5.74) is 3.41. The van der Waals surface area contributed by atoms with Crippen LogP contribution in [-0.2, 0) is 7.05 Å². The van der Waals surface area contributed by atoms with Gasteiger partial charge in [0.1, 0.15) is 0 Å². The van der Waals surface area contributed by atoms with Crippen LogP contribution in [0.25, 0.3) is 22.3 Å². The van der Waals surface area contributed by atoms with E-state index in [1.165, 1.54) is 12.8 Å². The number of nitrogens with zero attached hydrogens (tertiary/aromatic N) is 3. The van der Waals surface area contributed by atoms with Crippen LogP contribution in [-0.4, -0.2) is 51.8 Å². The molecule has 4 rings (SSSR count). The molecule has 1 saturated heterocycles. The van der Waals surface area contributed by atoms with Crippen molar-refractivity contribution in [1.29, 1.82) is 0 Å². The Labute approximate surface area is 172 Å². The van der Waals surface area contributed by atoms with Gasteiger partial charge < -0.3 is 15.2 Å². The van der Waals surface area contributed by atoms with Gasteiger partial charge in [-0.2, -0.15) is 5.10 Å². The molecule has 0 aliphatic carbocycles. The number of aromatic amines is 1. The Morgan fingerprint density at radius 2 is 2.00 bits per heavy atom. The van der Waals surface area contributed by atoms with Gasteiger partial charge in [-0.1, -0.05) is 32.0 Å². The summed E-state index contributed by atoms with van der Waals surface area (Å²) in [7, 11) is 1.87. The molecule has 1 aliphatic rings. The molecule has 2 aromatic heterocycles. The molecule has 154 valence electrons. The van der Waals surface area contributed by atoms with Gasteiger partial charge in [0.2, 0.25) is 0 Å². The Morgan fingerprint density at radius 3 is 2.72 bits per heavy atom. The van der Waals surface area contributed by atoms with Gasteiger partial charge in [0.15, 0.2) is 5.69 Å². The first-order valence-electron chi connectivity index (χ1n) is 10.6. The predicted octanol–water partition coefficient (Wildman–Crippen LogP) is 3.67. The average Bonchev–Trinajstić information content (AvgIpc) is 3.31. The molecule has 3 aromatic rings. The van der Waals surface area contributed by atoms with Crippen molar-refractivity contribution < 1.29 is 4.79 Å². The van der Waals surface area contributed by atoms with E-state index in [4.69, 9.17) is 0 Å². The summed E-state index contributed by atoms with van der Waals surface area (Å²) in [4.78, 5) is 18.4. The van der Waals surface area contributed by atoms with Gasteiger partial charge in [-0.3, -0.25) is 9.48 Å². The van der Waals surface area contributed by atoms with Crippen LogP contribution in [0.5, 0.6) is 0 Å². The first-order valence-corrected chi connectivity index (χ1v) is 10.6.